The zero-order chi connectivity index (χ0) is 12.5. The van der Waals surface area contributed by atoms with Gasteiger partial charge >= 0.3 is 0 Å². The first-order valence-electron chi connectivity index (χ1n) is 5.99. The molecular weight excluding hydrogens is 221 g/mol. The fraction of sp³-hybridized carbons (Fsp3) is 0.667. The molecular formula is C12H18FN3O. The normalized spacial score (nSPS) is 18.8. The zero-order valence-corrected chi connectivity index (χ0v) is 10.2. The third-order valence-electron chi connectivity index (χ3n) is 3.41. The van der Waals surface area contributed by atoms with Gasteiger partial charge in [-0.15, -0.1) is 0 Å². The summed E-state index contributed by atoms with van der Waals surface area (Å²) in [5.74, 6) is 0.183. The number of nitrogens with zero attached hydrogens (tertiary/aromatic N) is 2. The number of aliphatic hydroxyl groups is 1. The molecule has 17 heavy (non-hydrogen) atoms. The number of aliphatic hydroxyl groups excluding tert-OH is 1. The van der Waals surface area contributed by atoms with E-state index in [0.29, 0.717) is 18.0 Å². The first-order valence-corrected chi connectivity index (χ1v) is 5.99. The minimum atomic E-state index is -0.486. The minimum absolute atomic E-state index is 0.0252. The standard InChI is InChI=1S/C12H18FN3O/c1-3-9-10(13)11(15-7-14-9)16-12(2,6-17)8-4-5-8/h7-8,17H,3-6H2,1-2H3,(H,14,15,16). The van der Waals surface area contributed by atoms with Gasteiger partial charge in [-0.3, -0.25) is 0 Å². The van der Waals surface area contributed by atoms with Gasteiger partial charge in [-0.2, -0.15) is 0 Å². The van der Waals surface area contributed by atoms with Crippen LogP contribution in [-0.4, -0.2) is 27.2 Å². The van der Waals surface area contributed by atoms with E-state index in [1.165, 1.54) is 6.33 Å². The Morgan fingerprint density at radius 2 is 2.24 bits per heavy atom. The van der Waals surface area contributed by atoms with Crippen LogP contribution in [0, 0.1) is 11.7 Å². The van der Waals surface area contributed by atoms with E-state index in [9.17, 15) is 9.50 Å². The summed E-state index contributed by atoms with van der Waals surface area (Å²) in [5.41, 5.74) is -0.0844. The third-order valence-corrected chi connectivity index (χ3v) is 3.41. The van der Waals surface area contributed by atoms with Gasteiger partial charge in [0.25, 0.3) is 0 Å². The second-order valence-corrected chi connectivity index (χ2v) is 4.81. The quantitative estimate of drug-likeness (QED) is 0.822. The molecule has 1 aliphatic carbocycles. The van der Waals surface area contributed by atoms with Crippen LogP contribution >= 0.6 is 0 Å². The lowest BCUT2D eigenvalue weighted by Crippen LogP contribution is -2.41. The van der Waals surface area contributed by atoms with Gasteiger partial charge < -0.3 is 10.4 Å². The highest BCUT2D eigenvalue weighted by atomic mass is 19.1. The number of aromatic nitrogens is 2. The molecule has 0 spiro atoms. The van der Waals surface area contributed by atoms with Crippen molar-refractivity contribution in [1.82, 2.24) is 9.97 Å². The van der Waals surface area contributed by atoms with Crippen LogP contribution in [0.3, 0.4) is 0 Å². The van der Waals surface area contributed by atoms with Crippen LogP contribution in [0.4, 0.5) is 10.2 Å². The minimum Gasteiger partial charge on any atom is -0.394 e. The van der Waals surface area contributed by atoms with Gasteiger partial charge in [0.1, 0.15) is 6.33 Å². The lowest BCUT2D eigenvalue weighted by atomic mass is 9.97. The Morgan fingerprint density at radius 1 is 1.53 bits per heavy atom. The molecule has 2 rings (SSSR count). The van der Waals surface area contributed by atoms with E-state index in [1.54, 1.807) is 0 Å². The molecule has 2 N–H and O–H groups in total. The number of rotatable bonds is 5. The molecule has 94 valence electrons. The van der Waals surface area contributed by atoms with Crippen molar-refractivity contribution in [2.24, 2.45) is 5.92 Å². The third kappa shape index (κ3) is 2.39. The highest BCUT2D eigenvalue weighted by molar-refractivity contribution is 5.41. The molecule has 0 saturated heterocycles. The molecule has 0 radical (unpaired) electrons. The summed E-state index contributed by atoms with van der Waals surface area (Å²) in [4.78, 5) is 7.81. The van der Waals surface area contributed by atoms with Crippen molar-refractivity contribution in [3.05, 3.63) is 17.8 Å². The second-order valence-electron chi connectivity index (χ2n) is 4.81. The highest BCUT2D eigenvalue weighted by Crippen LogP contribution is 2.41. The molecule has 1 unspecified atom stereocenters. The van der Waals surface area contributed by atoms with Crippen molar-refractivity contribution in [1.29, 1.82) is 0 Å². The van der Waals surface area contributed by atoms with Gasteiger partial charge in [0.2, 0.25) is 0 Å². The fourth-order valence-electron chi connectivity index (χ4n) is 2.00. The smallest absolute Gasteiger partial charge is 0.186 e. The van der Waals surface area contributed by atoms with Crippen LogP contribution in [0.15, 0.2) is 6.33 Å². The van der Waals surface area contributed by atoms with Gasteiger partial charge in [-0.25, -0.2) is 14.4 Å². The molecule has 0 amide bonds. The molecule has 5 heteroatoms. The van der Waals surface area contributed by atoms with Crippen LogP contribution in [0.25, 0.3) is 0 Å². The average Bonchev–Trinajstić information content (AvgIpc) is 3.16. The number of nitrogens with one attached hydrogen (secondary N) is 1. The number of hydrogen-bond donors (Lipinski definition) is 2. The van der Waals surface area contributed by atoms with Crippen molar-refractivity contribution in [2.45, 2.75) is 38.6 Å². The number of hydrogen-bond acceptors (Lipinski definition) is 4. The lowest BCUT2D eigenvalue weighted by molar-refractivity contribution is 0.205. The maximum Gasteiger partial charge on any atom is 0.186 e. The lowest BCUT2D eigenvalue weighted by Gasteiger charge is -2.29. The van der Waals surface area contributed by atoms with Crippen LogP contribution in [-0.2, 0) is 6.42 Å². The van der Waals surface area contributed by atoms with Crippen LogP contribution < -0.4 is 5.32 Å². The van der Waals surface area contributed by atoms with E-state index >= 15 is 0 Å². The van der Waals surface area contributed by atoms with Crippen LogP contribution in [0.2, 0.25) is 0 Å². The molecule has 1 aromatic heterocycles. The maximum atomic E-state index is 14.0. The Labute approximate surface area is 100 Å². The van der Waals surface area contributed by atoms with Crippen molar-refractivity contribution in [2.75, 3.05) is 11.9 Å². The summed E-state index contributed by atoms with van der Waals surface area (Å²) in [5, 5.41) is 12.5. The Hall–Kier alpha value is -1.23. The molecule has 0 aromatic carbocycles. The van der Waals surface area contributed by atoms with E-state index in [0.717, 1.165) is 12.8 Å². The summed E-state index contributed by atoms with van der Waals surface area (Å²) < 4.78 is 14.0. The van der Waals surface area contributed by atoms with E-state index in [1.807, 2.05) is 13.8 Å². The Morgan fingerprint density at radius 3 is 2.76 bits per heavy atom. The van der Waals surface area contributed by atoms with Gasteiger partial charge in [0.15, 0.2) is 11.6 Å². The van der Waals surface area contributed by atoms with Gasteiger partial charge in [-0.05, 0) is 32.1 Å². The number of anilines is 1. The molecule has 4 nitrogen and oxygen atoms in total. The second kappa shape index (κ2) is 4.56. The maximum absolute atomic E-state index is 14.0. The highest BCUT2D eigenvalue weighted by Gasteiger charge is 2.41. The topological polar surface area (TPSA) is 58.0 Å². The van der Waals surface area contributed by atoms with E-state index in [4.69, 9.17) is 0 Å². The molecule has 0 aliphatic heterocycles. The van der Waals surface area contributed by atoms with Gasteiger partial charge in [0.05, 0.1) is 17.8 Å². The number of halogens is 1. The van der Waals surface area contributed by atoms with E-state index < -0.39 is 11.4 Å². The Kier molecular flexibility index (Phi) is 3.28. The predicted molar refractivity (Wildman–Crippen MR) is 63.2 cm³/mol. The Bertz CT molecular complexity index is 409. The predicted octanol–water partition coefficient (Wildman–Crippen LogP) is 1.75. The molecule has 1 atom stereocenters. The van der Waals surface area contributed by atoms with E-state index in [-0.39, 0.29) is 12.4 Å². The molecule has 1 aromatic rings. The van der Waals surface area contributed by atoms with Crippen molar-refractivity contribution >= 4 is 5.82 Å². The molecule has 1 aliphatic rings. The fourth-order valence-corrected chi connectivity index (χ4v) is 2.00. The molecule has 1 saturated carbocycles. The van der Waals surface area contributed by atoms with Gasteiger partial charge in [-0.1, -0.05) is 6.92 Å². The van der Waals surface area contributed by atoms with Crippen molar-refractivity contribution in [3.8, 4) is 0 Å². The van der Waals surface area contributed by atoms with E-state index in [2.05, 4.69) is 15.3 Å². The number of aryl methyl sites for hydroxylation is 1. The monoisotopic (exact) mass is 239 g/mol. The summed E-state index contributed by atoms with van der Waals surface area (Å²) in [6.07, 6.45) is 4.02. The molecule has 1 heterocycles. The van der Waals surface area contributed by atoms with Crippen LogP contribution in [0.1, 0.15) is 32.4 Å². The van der Waals surface area contributed by atoms with Crippen LogP contribution in [0.5, 0.6) is 0 Å². The summed E-state index contributed by atoms with van der Waals surface area (Å²) in [6, 6.07) is 0. The summed E-state index contributed by atoms with van der Waals surface area (Å²) in [7, 11) is 0. The Balaban J connectivity index is 2.22. The summed E-state index contributed by atoms with van der Waals surface area (Å²) >= 11 is 0. The van der Waals surface area contributed by atoms with Gasteiger partial charge in [0, 0.05) is 0 Å². The summed E-state index contributed by atoms with van der Waals surface area (Å²) in [6.45, 7) is 3.72. The van der Waals surface area contributed by atoms with Crippen molar-refractivity contribution in [3.63, 3.8) is 0 Å². The zero-order valence-electron chi connectivity index (χ0n) is 10.2. The first kappa shape index (κ1) is 12.2. The average molecular weight is 239 g/mol. The largest absolute Gasteiger partial charge is 0.394 e. The van der Waals surface area contributed by atoms with Crippen molar-refractivity contribution < 1.29 is 9.50 Å². The molecule has 0 bridgehead atoms. The molecule has 1 fully saturated rings. The first-order chi connectivity index (χ1) is 8.10. The SMILES string of the molecule is CCc1ncnc(NC(C)(CO)C2CC2)c1F.